The van der Waals surface area contributed by atoms with Crippen molar-refractivity contribution >= 4 is 5.57 Å². The number of benzene rings is 1. The molecular formula is C12H13FO. The van der Waals surface area contributed by atoms with E-state index in [0.29, 0.717) is 12.0 Å². The van der Waals surface area contributed by atoms with Crippen LogP contribution in [0, 0.1) is 0 Å². The van der Waals surface area contributed by atoms with Crippen LogP contribution in [0.15, 0.2) is 24.8 Å². The molecule has 0 fully saturated rings. The molecule has 0 heterocycles. The minimum Gasteiger partial charge on any atom is -0.497 e. The van der Waals surface area contributed by atoms with Crippen LogP contribution >= 0.6 is 0 Å². The van der Waals surface area contributed by atoms with Gasteiger partial charge in [-0.2, -0.15) is 0 Å². The predicted octanol–water partition coefficient (Wildman–Crippen LogP) is 2.99. The van der Waals surface area contributed by atoms with Gasteiger partial charge in [0.05, 0.1) is 7.11 Å². The predicted molar refractivity (Wildman–Crippen MR) is 55.2 cm³/mol. The lowest BCUT2D eigenvalue weighted by Crippen LogP contribution is -2.12. The second-order valence-electron chi connectivity index (χ2n) is 3.55. The Bertz CT molecular complexity index is 371. The summed E-state index contributed by atoms with van der Waals surface area (Å²) in [5, 5.41) is 0. The third kappa shape index (κ3) is 1.41. The topological polar surface area (TPSA) is 9.23 Å². The molecule has 0 N–H and O–H groups in total. The molecule has 0 radical (unpaired) electrons. The van der Waals surface area contributed by atoms with Gasteiger partial charge >= 0.3 is 0 Å². The molecule has 0 aliphatic heterocycles. The monoisotopic (exact) mass is 192 g/mol. The highest BCUT2D eigenvalue weighted by molar-refractivity contribution is 5.71. The Labute approximate surface area is 83.2 Å². The number of halogens is 1. The second kappa shape index (κ2) is 3.45. The van der Waals surface area contributed by atoms with Gasteiger partial charge in [-0.1, -0.05) is 12.6 Å². The molecule has 0 aromatic heterocycles. The molecule has 0 saturated heterocycles. The Morgan fingerprint density at radius 3 is 3.00 bits per heavy atom. The molecule has 2 heteroatoms. The zero-order valence-electron chi connectivity index (χ0n) is 8.22. The normalized spacial score (nSPS) is 20.4. The van der Waals surface area contributed by atoms with Crippen LogP contribution in [-0.4, -0.2) is 13.3 Å². The molecule has 1 aliphatic rings. The van der Waals surface area contributed by atoms with Crippen LogP contribution in [0.25, 0.3) is 5.57 Å². The van der Waals surface area contributed by atoms with E-state index in [1.165, 1.54) is 0 Å². The van der Waals surface area contributed by atoms with E-state index < -0.39 is 6.17 Å². The van der Waals surface area contributed by atoms with Crippen molar-refractivity contribution < 1.29 is 9.13 Å². The maximum Gasteiger partial charge on any atom is 0.125 e. The lowest BCUT2D eigenvalue weighted by atomic mass is 9.87. The van der Waals surface area contributed by atoms with Gasteiger partial charge in [-0.05, 0) is 41.7 Å². The number of hydrogen-bond donors (Lipinski definition) is 0. The first-order chi connectivity index (χ1) is 6.72. The summed E-state index contributed by atoms with van der Waals surface area (Å²) in [5.41, 5.74) is 2.70. The summed E-state index contributed by atoms with van der Waals surface area (Å²) in [7, 11) is 1.64. The number of aryl methyl sites for hydroxylation is 1. The van der Waals surface area contributed by atoms with Gasteiger partial charge in [0.2, 0.25) is 0 Å². The van der Waals surface area contributed by atoms with Crippen molar-refractivity contribution in [1.82, 2.24) is 0 Å². The number of hydrogen-bond acceptors (Lipinski definition) is 1. The van der Waals surface area contributed by atoms with Crippen LogP contribution in [0.2, 0.25) is 0 Å². The van der Waals surface area contributed by atoms with Gasteiger partial charge in [-0.15, -0.1) is 0 Å². The molecular weight excluding hydrogens is 179 g/mol. The van der Waals surface area contributed by atoms with Crippen molar-refractivity contribution in [2.75, 3.05) is 7.11 Å². The third-order valence-corrected chi connectivity index (χ3v) is 2.70. The maximum atomic E-state index is 13.3. The molecule has 14 heavy (non-hydrogen) atoms. The zero-order chi connectivity index (χ0) is 10.1. The van der Waals surface area contributed by atoms with Gasteiger partial charge in [0, 0.05) is 0 Å². The number of allylic oxidation sites excluding steroid dienone is 1. The summed E-state index contributed by atoms with van der Waals surface area (Å²) in [4.78, 5) is 0. The first-order valence-electron chi connectivity index (χ1n) is 4.72. The molecule has 1 aromatic rings. The average molecular weight is 192 g/mol. The van der Waals surface area contributed by atoms with E-state index in [-0.39, 0.29) is 0 Å². The highest BCUT2D eigenvalue weighted by Gasteiger charge is 2.21. The third-order valence-electron chi connectivity index (χ3n) is 2.70. The number of fused-ring (bicyclic) bond motifs is 1. The molecule has 1 nitrogen and oxygen atoms in total. The highest BCUT2D eigenvalue weighted by atomic mass is 19.1. The standard InChI is InChI=1S/C12H13FO/c1-8-11-5-4-10(14-2)7-9(11)3-6-12(8)13/h4-5,7,12H,1,3,6H2,2H3. The van der Waals surface area contributed by atoms with E-state index in [1.807, 2.05) is 18.2 Å². The molecule has 0 amide bonds. The minimum absolute atomic E-state index is 0.541. The lowest BCUT2D eigenvalue weighted by Gasteiger charge is -2.21. The molecule has 1 aromatic carbocycles. The van der Waals surface area contributed by atoms with Crippen LogP contribution < -0.4 is 4.74 Å². The summed E-state index contributed by atoms with van der Waals surface area (Å²) < 4.78 is 18.4. The summed E-state index contributed by atoms with van der Waals surface area (Å²) in [6, 6.07) is 5.71. The van der Waals surface area contributed by atoms with Crippen molar-refractivity contribution in [2.24, 2.45) is 0 Å². The largest absolute Gasteiger partial charge is 0.497 e. The fraction of sp³-hybridized carbons (Fsp3) is 0.333. The number of rotatable bonds is 1. The van der Waals surface area contributed by atoms with Crippen LogP contribution in [-0.2, 0) is 6.42 Å². The summed E-state index contributed by atoms with van der Waals surface area (Å²) in [5.74, 6) is 0.828. The van der Waals surface area contributed by atoms with Gasteiger partial charge in [0.1, 0.15) is 11.9 Å². The molecule has 74 valence electrons. The van der Waals surface area contributed by atoms with Crippen LogP contribution in [0.4, 0.5) is 4.39 Å². The van der Waals surface area contributed by atoms with Gasteiger partial charge in [-0.3, -0.25) is 0 Å². The van der Waals surface area contributed by atoms with Crippen molar-refractivity contribution in [1.29, 1.82) is 0 Å². The lowest BCUT2D eigenvalue weighted by molar-refractivity contribution is 0.382. The summed E-state index contributed by atoms with van der Waals surface area (Å²) >= 11 is 0. The van der Waals surface area contributed by atoms with Gasteiger partial charge in [-0.25, -0.2) is 4.39 Å². The molecule has 0 bridgehead atoms. The molecule has 2 rings (SSSR count). The molecule has 0 saturated carbocycles. The average Bonchev–Trinajstić information content (AvgIpc) is 2.23. The summed E-state index contributed by atoms with van der Waals surface area (Å²) in [6.45, 7) is 3.78. The number of alkyl halides is 1. The Morgan fingerprint density at radius 1 is 1.50 bits per heavy atom. The molecule has 1 unspecified atom stereocenters. The van der Waals surface area contributed by atoms with Crippen LogP contribution in [0.5, 0.6) is 5.75 Å². The summed E-state index contributed by atoms with van der Waals surface area (Å²) in [6.07, 6.45) is 0.432. The van der Waals surface area contributed by atoms with E-state index in [9.17, 15) is 4.39 Å². The molecule has 0 spiro atoms. The second-order valence-corrected chi connectivity index (χ2v) is 3.55. The van der Waals surface area contributed by atoms with Gasteiger partial charge in [0.15, 0.2) is 0 Å². The fourth-order valence-corrected chi connectivity index (χ4v) is 1.84. The molecule has 1 aliphatic carbocycles. The van der Waals surface area contributed by atoms with Crippen molar-refractivity contribution in [3.63, 3.8) is 0 Å². The Hall–Kier alpha value is -1.31. The smallest absolute Gasteiger partial charge is 0.125 e. The Balaban J connectivity index is 2.44. The minimum atomic E-state index is -0.879. The fourth-order valence-electron chi connectivity index (χ4n) is 1.84. The Morgan fingerprint density at radius 2 is 2.29 bits per heavy atom. The van der Waals surface area contributed by atoms with Crippen molar-refractivity contribution in [3.8, 4) is 5.75 Å². The van der Waals surface area contributed by atoms with E-state index in [1.54, 1.807) is 7.11 Å². The van der Waals surface area contributed by atoms with Crippen molar-refractivity contribution in [3.05, 3.63) is 35.9 Å². The van der Waals surface area contributed by atoms with E-state index in [0.717, 1.165) is 23.3 Å². The van der Waals surface area contributed by atoms with Crippen LogP contribution in [0.3, 0.4) is 0 Å². The molecule has 1 atom stereocenters. The quantitative estimate of drug-likeness (QED) is 0.664. The van der Waals surface area contributed by atoms with Crippen LogP contribution in [0.1, 0.15) is 17.5 Å². The first-order valence-corrected chi connectivity index (χ1v) is 4.72. The first kappa shape index (κ1) is 9.25. The van der Waals surface area contributed by atoms with Gasteiger partial charge < -0.3 is 4.74 Å². The zero-order valence-corrected chi connectivity index (χ0v) is 8.22. The van der Waals surface area contributed by atoms with E-state index >= 15 is 0 Å². The van der Waals surface area contributed by atoms with Crippen molar-refractivity contribution in [2.45, 2.75) is 19.0 Å². The van der Waals surface area contributed by atoms with E-state index in [4.69, 9.17) is 4.74 Å². The van der Waals surface area contributed by atoms with Gasteiger partial charge in [0.25, 0.3) is 0 Å². The maximum absolute atomic E-state index is 13.3. The number of methoxy groups -OCH3 is 1. The Kier molecular flexibility index (Phi) is 2.28. The van der Waals surface area contributed by atoms with E-state index in [2.05, 4.69) is 6.58 Å². The number of ether oxygens (including phenoxy) is 1. The highest BCUT2D eigenvalue weighted by Crippen LogP contribution is 2.33. The SMILES string of the molecule is C=C1c2ccc(OC)cc2CCC1F.